The fourth-order valence-corrected chi connectivity index (χ4v) is 3.25. The molecule has 0 aromatic heterocycles. The van der Waals surface area contributed by atoms with Crippen LogP contribution < -0.4 is 5.32 Å². The average Bonchev–Trinajstić information content (AvgIpc) is 2.38. The first-order valence-electron chi connectivity index (χ1n) is 8.00. The standard InChI is InChI=1S/C15H31N3/c1-3-5-6-14(4-2)11-17-12-15(13-17)18-9-7-16-8-10-18/h14-16H,3-13H2,1-2H3. The summed E-state index contributed by atoms with van der Waals surface area (Å²) in [6.07, 6.45) is 5.55. The van der Waals surface area contributed by atoms with Crippen molar-refractivity contribution in [1.82, 2.24) is 15.1 Å². The molecular formula is C15H31N3. The van der Waals surface area contributed by atoms with Gasteiger partial charge in [-0.25, -0.2) is 0 Å². The van der Waals surface area contributed by atoms with Crippen LogP contribution in [0.25, 0.3) is 0 Å². The monoisotopic (exact) mass is 253 g/mol. The molecule has 2 fully saturated rings. The van der Waals surface area contributed by atoms with E-state index < -0.39 is 0 Å². The van der Waals surface area contributed by atoms with Gasteiger partial charge in [0.05, 0.1) is 0 Å². The summed E-state index contributed by atoms with van der Waals surface area (Å²) in [5.41, 5.74) is 0. The molecule has 2 aliphatic rings. The molecule has 1 unspecified atom stereocenters. The smallest absolute Gasteiger partial charge is 0.0351 e. The largest absolute Gasteiger partial charge is 0.314 e. The van der Waals surface area contributed by atoms with E-state index in [4.69, 9.17) is 0 Å². The highest BCUT2D eigenvalue weighted by molar-refractivity contribution is 4.90. The molecule has 0 radical (unpaired) electrons. The van der Waals surface area contributed by atoms with Gasteiger partial charge in [-0.1, -0.05) is 33.1 Å². The van der Waals surface area contributed by atoms with Crippen LogP contribution in [0, 0.1) is 5.92 Å². The van der Waals surface area contributed by atoms with E-state index in [0.29, 0.717) is 0 Å². The fraction of sp³-hybridized carbons (Fsp3) is 1.00. The molecular weight excluding hydrogens is 222 g/mol. The van der Waals surface area contributed by atoms with E-state index in [0.717, 1.165) is 12.0 Å². The van der Waals surface area contributed by atoms with Crippen molar-refractivity contribution in [3.8, 4) is 0 Å². The van der Waals surface area contributed by atoms with Crippen LogP contribution in [0.4, 0.5) is 0 Å². The van der Waals surface area contributed by atoms with Crippen LogP contribution in [0.5, 0.6) is 0 Å². The van der Waals surface area contributed by atoms with Gasteiger partial charge in [-0.3, -0.25) is 9.80 Å². The molecule has 0 saturated carbocycles. The molecule has 3 nitrogen and oxygen atoms in total. The first-order chi connectivity index (χ1) is 8.83. The van der Waals surface area contributed by atoms with Crippen LogP contribution in [-0.2, 0) is 0 Å². The normalized spacial score (nSPS) is 25.0. The number of hydrogen-bond donors (Lipinski definition) is 1. The van der Waals surface area contributed by atoms with E-state index in [9.17, 15) is 0 Å². The van der Waals surface area contributed by atoms with Crippen molar-refractivity contribution in [2.45, 2.75) is 45.6 Å². The van der Waals surface area contributed by atoms with E-state index in [2.05, 4.69) is 29.0 Å². The first kappa shape index (κ1) is 14.3. The lowest BCUT2D eigenvalue weighted by Gasteiger charge is -2.47. The molecule has 0 spiro atoms. The maximum atomic E-state index is 3.44. The summed E-state index contributed by atoms with van der Waals surface area (Å²) in [6.45, 7) is 13.5. The third-order valence-electron chi connectivity index (χ3n) is 4.67. The highest BCUT2D eigenvalue weighted by Crippen LogP contribution is 2.20. The van der Waals surface area contributed by atoms with Crippen LogP contribution >= 0.6 is 0 Å². The van der Waals surface area contributed by atoms with Crippen molar-refractivity contribution in [3.63, 3.8) is 0 Å². The summed E-state index contributed by atoms with van der Waals surface area (Å²) in [5, 5.41) is 3.44. The second kappa shape index (κ2) is 7.46. The van der Waals surface area contributed by atoms with E-state index in [1.165, 1.54) is 71.5 Å². The topological polar surface area (TPSA) is 18.5 Å². The second-order valence-corrected chi connectivity index (χ2v) is 6.07. The molecule has 2 aliphatic heterocycles. The van der Waals surface area contributed by atoms with Gasteiger partial charge in [0.2, 0.25) is 0 Å². The summed E-state index contributed by atoms with van der Waals surface area (Å²) >= 11 is 0. The Bertz CT molecular complexity index is 220. The minimum Gasteiger partial charge on any atom is -0.314 e. The minimum atomic E-state index is 0.857. The highest BCUT2D eigenvalue weighted by Gasteiger charge is 2.32. The Kier molecular flexibility index (Phi) is 5.93. The molecule has 0 aromatic rings. The summed E-state index contributed by atoms with van der Waals surface area (Å²) in [6, 6.07) is 0.857. The molecule has 1 atom stereocenters. The third kappa shape index (κ3) is 3.94. The SMILES string of the molecule is CCCCC(CC)CN1CC(N2CCNCC2)C1. The summed E-state index contributed by atoms with van der Waals surface area (Å²) in [7, 11) is 0. The zero-order valence-electron chi connectivity index (χ0n) is 12.3. The maximum Gasteiger partial charge on any atom is 0.0351 e. The Hall–Kier alpha value is -0.120. The highest BCUT2D eigenvalue weighted by atomic mass is 15.3. The van der Waals surface area contributed by atoms with Gasteiger partial charge < -0.3 is 5.32 Å². The molecule has 2 rings (SSSR count). The summed E-state index contributed by atoms with van der Waals surface area (Å²) < 4.78 is 0. The van der Waals surface area contributed by atoms with Gasteiger partial charge >= 0.3 is 0 Å². The van der Waals surface area contributed by atoms with Gasteiger partial charge in [-0.2, -0.15) is 0 Å². The zero-order chi connectivity index (χ0) is 12.8. The van der Waals surface area contributed by atoms with E-state index in [1.807, 2.05) is 0 Å². The van der Waals surface area contributed by atoms with Crippen molar-refractivity contribution >= 4 is 0 Å². The van der Waals surface area contributed by atoms with Gasteiger partial charge in [0.1, 0.15) is 0 Å². The number of piperazine rings is 1. The number of nitrogens with zero attached hydrogens (tertiary/aromatic N) is 2. The number of likely N-dealkylation sites (tertiary alicyclic amines) is 1. The number of nitrogens with one attached hydrogen (secondary N) is 1. The van der Waals surface area contributed by atoms with Crippen molar-refractivity contribution in [2.24, 2.45) is 5.92 Å². The Balaban J connectivity index is 1.62. The van der Waals surface area contributed by atoms with Crippen molar-refractivity contribution in [1.29, 1.82) is 0 Å². The van der Waals surface area contributed by atoms with E-state index in [-0.39, 0.29) is 0 Å². The molecule has 18 heavy (non-hydrogen) atoms. The Morgan fingerprint density at radius 3 is 2.50 bits per heavy atom. The molecule has 106 valence electrons. The fourth-order valence-electron chi connectivity index (χ4n) is 3.25. The lowest BCUT2D eigenvalue weighted by molar-refractivity contribution is 0.0166. The van der Waals surface area contributed by atoms with Crippen molar-refractivity contribution < 1.29 is 0 Å². The quantitative estimate of drug-likeness (QED) is 0.746. The number of rotatable bonds is 7. The minimum absolute atomic E-state index is 0.857. The zero-order valence-corrected chi connectivity index (χ0v) is 12.3. The maximum absolute atomic E-state index is 3.44. The van der Waals surface area contributed by atoms with Gasteiger partial charge in [0, 0.05) is 51.9 Å². The summed E-state index contributed by atoms with van der Waals surface area (Å²) in [5.74, 6) is 0.939. The molecule has 0 aliphatic carbocycles. The van der Waals surface area contributed by atoms with Crippen LogP contribution in [0.2, 0.25) is 0 Å². The van der Waals surface area contributed by atoms with E-state index in [1.54, 1.807) is 0 Å². The van der Waals surface area contributed by atoms with Gasteiger partial charge in [-0.15, -0.1) is 0 Å². The van der Waals surface area contributed by atoms with E-state index >= 15 is 0 Å². The Morgan fingerprint density at radius 1 is 1.17 bits per heavy atom. The van der Waals surface area contributed by atoms with Gasteiger partial charge in [-0.05, 0) is 12.3 Å². The van der Waals surface area contributed by atoms with Crippen molar-refractivity contribution in [2.75, 3.05) is 45.8 Å². The average molecular weight is 253 g/mol. The Labute approximate surface area is 113 Å². The van der Waals surface area contributed by atoms with Crippen LogP contribution in [0.15, 0.2) is 0 Å². The molecule has 1 N–H and O–H groups in total. The third-order valence-corrected chi connectivity index (χ3v) is 4.67. The molecule has 0 aromatic carbocycles. The van der Waals surface area contributed by atoms with Gasteiger partial charge in [0.25, 0.3) is 0 Å². The lowest BCUT2D eigenvalue weighted by atomic mass is 9.96. The van der Waals surface area contributed by atoms with Gasteiger partial charge in [0.15, 0.2) is 0 Å². The molecule has 0 amide bonds. The molecule has 2 saturated heterocycles. The molecule has 0 bridgehead atoms. The van der Waals surface area contributed by atoms with Crippen LogP contribution in [0.3, 0.4) is 0 Å². The lowest BCUT2D eigenvalue weighted by Crippen LogP contribution is -2.63. The second-order valence-electron chi connectivity index (χ2n) is 6.07. The molecule has 3 heteroatoms. The van der Waals surface area contributed by atoms with Crippen LogP contribution in [0.1, 0.15) is 39.5 Å². The predicted molar refractivity (Wildman–Crippen MR) is 78.0 cm³/mol. The number of hydrogen-bond acceptors (Lipinski definition) is 3. The summed E-state index contributed by atoms with van der Waals surface area (Å²) in [4.78, 5) is 5.36. The predicted octanol–water partition coefficient (Wildman–Crippen LogP) is 1.79. The molecule has 2 heterocycles. The Morgan fingerprint density at radius 2 is 1.89 bits per heavy atom. The number of unbranched alkanes of at least 4 members (excludes halogenated alkanes) is 1. The van der Waals surface area contributed by atoms with Crippen molar-refractivity contribution in [3.05, 3.63) is 0 Å². The van der Waals surface area contributed by atoms with Crippen LogP contribution in [-0.4, -0.2) is 61.7 Å². The first-order valence-corrected chi connectivity index (χ1v) is 8.00.